The normalized spacial score (nSPS) is 22.2. The maximum Gasteiger partial charge on any atom is 0.338 e. The third kappa shape index (κ3) is 4.82. The van der Waals surface area contributed by atoms with E-state index in [1.165, 1.54) is 17.0 Å². The molecule has 0 aromatic heterocycles. The molecule has 3 amide bonds. The lowest BCUT2D eigenvalue weighted by Gasteiger charge is -2.25. The molecule has 0 radical (unpaired) electrons. The van der Waals surface area contributed by atoms with Crippen LogP contribution >= 0.6 is 0 Å². The van der Waals surface area contributed by atoms with Gasteiger partial charge in [0.25, 0.3) is 5.91 Å². The van der Waals surface area contributed by atoms with Crippen molar-refractivity contribution in [1.82, 2.24) is 0 Å². The number of aryl methyl sites for hydroxylation is 2. The van der Waals surface area contributed by atoms with Crippen molar-refractivity contribution in [3.63, 3.8) is 0 Å². The average molecular weight is 449 g/mol. The van der Waals surface area contributed by atoms with Crippen LogP contribution in [0.5, 0.6) is 0 Å². The fourth-order valence-electron chi connectivity index (χ4n) is 4.85. The number of amides is 3. The Balaban J connectivity index is 1.36. The number of imide groups is 1. The molecule has 2 aromatic carbocycles. The highest BCUT2D eigenvalue weighted by Crippen LogP contribution is 2.42. The second kappa shape index (κ2) is 9.17. The second-order valence-electron chi connectivity index (χ2n) is 9.19. The molecule has 1 aliphatic carbocycles. The van der Waals surface area contributed by atoms with Gasteiger partial charge in [-0.3, -0.25) is 19.3 Å². The van der Waals surface area contributed by atoms with Crippen molar-refractivity contribution in [3.8, 4) is 0 Å². The zero-order chi connectivity index (χ0) is 23.7. The molecule has 0 spiro atoms. The number of carbonyl (C=O) groups is 4. The lowest BCUT2D eigenvalue weighted by atomic mass is 9.76. The molecule has 2 aromatic rings. The number of hydrogen-bond donors (Lipinski definition) is 1. The Morgan fingerprint density at radius 3 is 2.27 bits per heavy atom. The molecule has 172 valence electrons. The van der Waals surface area contributed by atoms with Gasteiger partial charge in [-0.1, -0.05) is 13.0 Å². The highest BCUT2D eigenvalue weighted by molar-refractivity contribution is 6.22. The summed E-state index contributed by atoms with van der Waals surface area (Å²) in [6, 6.07) is 11.8. The fourth-order valence-corrected chi connectivity index (χ4v) is 4.85. The average Bonchev–Trinajstić information content (AvgIpc) is 3.01. The molecule has 33 heavy (non-hydrogen) atoms. The number of nitrogens with zero attached hydrogens (tertiary/aromatic N) is 1. The van der Waals surface area contributed by atoms with Crippen molar-refractivity contribution in [1.29, 1.82) is 0 Å². The molecular weight excluding hydrogens is 420 g/mol. The predicted octanol–water partition coefficient (Wildman–Crippen LogP) is 4.02. The van der Waals surface area contributed by atoms with E-state index < -0.39 is 18.5 Å². The number of fused-ring (bicyclic) bond motifs is 1. The summed E-state index contributed by atoms with van der Waals surface area (Å²) < 4.78 is 5.12. The number of hydrogen-bond acceptors (Lipinski definition) is 5. The van der Waals surface area contributed by atoms with Gasteiger partial charge < -0.3 is 10.1 Å². The smallest absolute Gasteiger partial charge is 0.338 e. The first-order valence-electron chi connectivity index (χ1n) is 11.3. The van der Waals surface area contributed by atoms with Gasteiger partial charge in [-0.05, 0) is 86.6 Å². The van der Waals surface area contributed by atoms with Gasteiger partial charge in [0.2, 0.25) is 11.8 Å². The number of esters is 1. The summed E-state index contributed by atoms with van der Waals surface area (Å²) in [7, 11) is 0. The van der Waals surface area contributed by atoms with Crippen LogP contribution in [-0.2, 0) is 19.1 Å². The van der Waals surface area contributed by atoms with Crippen molar-refractivity contribution >= 4 is 35.1 Å². The van der Waals surface area contributed by atoms with Gasteiger partial charge >= 0.3 is 5.97 Å². The molecule has 4 rings (SSSR count). The molecule has 3 atom stereocenters. The van der Waals surface area contributed by atoms with Gasteiger partial charge in [0.15, 0.2) is 6.61 Å². The van der Waals surface area contributed by atoms with E-state index in [0.29, 0.717) is 17.3 Å². The Bertz CT molecular complexity index is 1090. The molecule has 1 saturated heterocycles. The third-order valence-electron chi connectivity index (χ3n) is 6.39. The van der Waals surface area contributed by atoms with Crippen LogP contribution in [0.25, 0.3) is 0 Å². The van der Waals surface area contributed by atoms with E-state index in [1.807, 2.05) is 32.0 Å². The van der Waals surface area contributed by atoms with Gasteiger partial charge in [0.05, 0.1) is 23.1 Å². The summed E-state index contributed by atoms with van der Waals surface area (Å²) >= 11 is 0. The molecule has 7 nitrogen and oxygen atoms in total. The minimum Gasteiger partial charge on any atom is -0.452 e. The molecule has 1 heterocycles. The van der Waals surface area contributed by atoms with Crippen LogP contribution < -0.4 is 10.2 Å². The van der Waals surface area contributed by atoms with Gasteiger partial charge in [-0.25, -0.2) is 4.79 Å². The largest absolute Gasteiger partial charge is 0.452 e. The van der Waals surface area contributed by atoms with Crippen LogP contribution in [0.3, 0.4) is 0 Å². The maximum absolute atomic E-state index is 12.9. The Labute approximate surface area is 193 Å². The standard InChI is InChI=1S/C26H28N2O5/c1-15-4-9-21-22(13-15)25(31)28(24(21)30)20-7-5-18(6-8-20)26(32)33-14-23(29)27-19-11-16(2)10-17(3)12-19/h5-8,10-12,15,21-22H,4,9,13-14H2,1-3H3,(H,27,29)/t15-,21+,22-/m0/s1. The molecule has 2 fully saturated rings. The lowest BCUT2D eigenvalue weighted by molar-refractivity contribution is -0.122. The Morgan fingerprint density at radius 1 is 0.970 bits per heavy atom. The second-order valence-corrected chi connectivity index (χ2v) is 9.19. The van der Waals surface area contributed by atoms with E-state index in [4.69, 9.17) is 4.74 Å². The Kier molecular flexibility index (Phi) is 6.31. The van der Waals surface area contributed by atoms with Crippen molar-refractivity contribution < 1.29 is 23.9 Å². The summed E-state index contributed by atoms with van der Waals surface area (Å²) in [6.45, 7) is 5.56. The number of anilines is 2. The van der Waals surface area contributed by atoms with Crippen LogP contribution in [0.2, 0.25) is 0 Å². The lowest BCUT2D eigenvalue weighted by Crippen LogP contribution is -2.30. The number of ether oxygens (including phenoxy) is 1. The van der Waals surface area contributed by atoms with E-state index >= 15 is 0 Å². The third-order valence-corrected chi connectivity index (χ3v) is 6.39. The summed E-state index contributed by atoms with van der Waals surface area (Å²) in [5, 5.41) is 2.72. The molecule has 7 heteroatoms. The van der Waals surface area contributed by atoms with Gasteiger partial charge in [-0.2, -0.15) is 0 Å². The van der Waals surface area contributed by atoms with Crippen LogP contribution in [0, 0.1) is 31.6 Å². The monoisotopic (exact) mass is 448 g/mol. The number of benzene rings is 2. The van der Waals surface area contributed by atoms with Crippen molar-refractivity contribution in [2.75, 3.05) is 16.8 Å². The van der Waals surface area contributed by atoms with Gasteiger partial charge in [0, 0.05) is 5.69 Å². The van der Waals surface area contributed by atoms with Gasteiger partial charge in [-0.15, -0.1) is 0 Å². The minimum absolute atomic E-state index is 0.157. The number of carbonyl (C=O) groups excluding carboxylic acids is 4. The Morgan fingerprint density at radius 2 is 1.61 bits per heavy atom. The number of nitrogens with one attached hydrogen (secondary N) is 1. The maximum atomic E-state index is 12.9. The zero-order valence-electron chi connectivity index (χ0n) is 19.1. The summed E-state index contributed by atoms with van der Waals surface area (Å²) in [4.78, 5) is 51.4. The van der Waals surface area contributed by atoms with Crippen LogP contribution in [-0.4, -0.2) is 30.3 Å². The summed E-state index contributed by atoms with van der Waals surface area (Å²) in [5.41, 5.74) is 3.38. The molecule has 2 aliphatic rings. The fraction of sp³-hybridized carbons (Fsp3) is 0.385. The molecule has 0 unspecified atom stereocenters. The first-order chi connectivity index (χ1) is 15.7. The molecule has 0 bridgehead atoms. The van der Waals surface area contributed by atoms with Gasteiger partial charge in [0.1, 0.15) is 0 Å². The SMILES string of the molecule is Cc1cc(C)cc(NC(=O)COC(=O)c2ccc(N3C(=O)[C@H]4C[C@@H](C)CC[C@H]4C3=O)cc2)c1. The quantitative estimate of drug-likeness (QED) is 0.551. The van der Waals surface area contributed by atoms with Crippen molar-refractivity contribution in [2.24, 2.45) is 17.8 Å². The van der Waals surface area contributed by atoms with Crippen molar-refractivity contribution in [2.45, 2.75) is 40.0 Å². The first-order valence-corrected chi connectivity index (χ1v) is 11.3. The van der Waals surface area contributed by atoms with Crippen LogP contribution in [0.4, 0.5) is 11.4 Å². The van der Waals surface area contributed by atoms with E-state index in [-0.39, 0.29) is 29.2 Å². The highest BCUT2D eigenvalue weighted by atomic mass is 16.5. The van der Waals surface area contributed by atoms with E-state index in [9.17, 15) is 19.2 Å². The molecule has 1 saturated carbocycles. The van der Waals surface area contributed by atoms with E-state index in [0.717, 1.165) is 30.4 Å². The predicted molar refractivity (Wildman–Crippen MR) is 124 cm³/mol. The molecule has 1 N–H and O–H groups in total. The Hall–Kier alpha value is -3.48. The highest BCUT2D eigenvalue weighted by Gasteiger charge is 2.49. The minimum atomic E-state index is -0.654. The number of rotatable bonds is 5. The zero-order valence-corrected chi connectivity index (χ0v) is 19.1. The van der Waals surface area contributed by atoms with E-state index in [1.54, 1.807) is 12.1 Å². The van der Waals surface area contributed by atoms with Crippen LogP contribution in [0.15, 0.2) is 42.5 Å². The molecule has 1 aliphatic heterocycles. The molecular formula is C26H28N2O5. The summed E-state index contributed by atoms with van der Waals surface area (Å²) in [6.07, 6.45) is 2.43. The van der Waals surface area contributed by atoms with E-state index in [2.05, 4.69) is 12.2 Å². The van der Waals surface area contributed by atoms with Crippen molar-refractivity contribution in [3.05, 3.63) is 59.2 Å². The first kappa shape index (κ1) is 22.7. The topological polar surface area (TPSA) is 92.8 Å². The summed E-state index contributed by atoms with van der Waals surface area (Å²) in [5.74, 6) is -1.46. The van der Waals surface area contributed by atoms with Crippen LogP contribution in [0.1, 0.15) is 47.7 Å².